The molecule has 6 nitrogen and oxygen atoms in total. The molecule has 0 fully saturated rings. The number of rotatable bonds is 4. The Kier molecular flexibility index (Phi) is 3.46. The third-order valence-electron chi connectivity index (χ3n) is 1.95. The van der Waals surface area contributed by atoms with Gasteiger partial charge in [-0.05, 0) is 18.6 Å². The number of aliphatic hydroxyl groups is 1. The van der Waals surface area contributed by atoms with Crippen LogP contribution in [-0.2, 0) is 0 Å². The molecule has 0 bridgehead atoms. The molecule has 0 aliphatic heterocycles. The third kappa shape index (κ3) is 2.57. The van der Waals surface area contributed by atoms with Crippen LogP contribution in [0.15, 0.2) is 12.1 Å². The highest BCUT2D eigenvalue weighted by atomic mass is 16.6. The zero-order valence-corrected chi connectivity index (χ0v) is 8.36. The van der Waals surface area contributed by atoms with Crippen LogP contribution >= 0.6 is 0 Å². The number of nitrogen functional groups attached to an aromatic ring is 1. The second kappa shape index (κ2) is 4.61. The van der Waals surface area contributed by atoms with Gasteiger partial charge in [0.15, 0.2) is 0 Å². The quantitative estimate of drug-likeness (QED) is 0.390. The number of anilines is 2. The van der Waals surface area contributed by atoms with Crippen LogP contribution in [0.3, 0.4) is 0 Å². The van der Waals surface area contributed by atoms with Crippen molar-refractivity contribution < 1.29 is 10.0 Å². The van der Waals surface area contributed by atoms with Gasteiger partial charge < -0.3 is 16.2 Å². The van der Waals surface area contributed by atoms with E-state index in [9.17, 15) is 10.1 Å². The molecule has 0 amide bonds. The van der Waals surface area contributed by atoms with Crippen molar-refractivity contribution in [3.05, 3.63) is 27.8 Å². The van der Waals surface area contributed by atoms with Gasteiger partial charge in [-0.3, -0.25) is 10.1 Å². The summed E-state index contributed by atoms with van der Waals surface area (Å²) in [6.07, 6.45) is 0. The van der Waals surface area contributed by atoms with Crippen molar-refractivity contribution in [2.24, 2.45) is 0 Å². The van der Waals surface area contributed by atoms with Crippen molar-refractivity contribution in [3.8, 4) is 0 Å². The van der Waals surface area contributed by atoms with Crippen molar-refractivity contribution in [1.29, 1.82) is 0 Å². The molecule has 0 saturated carbocycles. The molecule has 0 saturated heterocycles. The van der Waals surface area contributed by atoms with E-state index < -0.39 is 4.92 Å². The molecule has 1 aromatic rings. The van der Waals surface area contributed by atoms with Gasteiger partial charge in [0.2, 0.25) is 0 Å². The predicted molar refractivity (Wildman–Crippen MR) is 57.8 cm³/mol. The lowest BCUT2D eigenvalue weighted by atomic mass is 10.1. The normalized spacial score (nSPS) is 10.0. The maximum atomic E-state index is 10.7. The zero-order chi connectivity index (χ0) is 11.4. The average Bonchev–Trinajstić information content (AvgIpc) is 2.15. The summed E-state index contributed by atoms with van der Waals surface area (Å²) in [5, 5.41) is 22.2. The Balaban J connectivity index is 3.15. The first-order valence-electron chi connectivity index (χ1n) is 4.45. The van der Waals surface area contributed by atoms with Gasteiger partial charge in [-0.25, -0.2) is 0 Å². The summed E-state index contributed by atoms with van der Waals surface area (Å²) in [6, 6.07) is 2.94. The van der Waals surface area contributed by atoms with Crippen molar-refractivity contribution in [1.82, 2.24) is 0 Å². The predicted octanol–water partition coefficient (Wildman–Crippen LogP) is 0.890. The van der Waals surface area contributed by atoms with Gasteiger partial charge in [-0.2, -0.15) is 0 Å². The van der Waals surface area contributed by atoms with Gasteiger partial charge >= 0.3 is 0 Å². The summed E-state index contributed by atoms with van der Waals surface area (Å²) in [5.41, 5.74) is 6.90. The summed E-state index contributed by atoms with van der Waals surface area (Å²) in [4.78, 5) is 10.2. The first-order valence-corrected chi connectivity index (χ1v) is 4.45. The molecule has 0 aromatic heterocycles. The van der Waals surface area contributed by atoms with Crippen molar-refractivity contribution in [2.75, 3.05) is 24.2 Å². The number of hydrogen-bond acceptors (Lipinski definition) is 5. The highest BCUT2D eigenvalue weighted by molar-refractivity contribution is 5.71. The van der Waals surface area contributed by atoms with Crippen molar-refractivity contribution in [3.63, 3.8) is 0 Å². The molecule has 0 aliphatic rings. The molecule has 15 heavy (non-hydrogen) atoms. The Morgan fingerprint density at radius 1 is 1.60 bits per heavy atom. The molecular weight excluding hydrogens is 198 g/mol. The van der Waals surface area contributed by atoms with Gasteiger partial charge in [-0.1, -0.05) is 0 Å². The lowest BCUT2D eigenvalue weighted by molar-refractivity contribution is -0.383. The maximum absolute atomic E-state index is 10.7. The van der Waals surface area contributed by atoms with E-state index in [0.29, 0.717) is 16.9 Å². The van der Waals surface area contributed by atoms with Crippen LogP contribution in [0.1, 0.15) is 5.56 Å². The number of nitrogens with zero attached hydrogens (tertiary/aromatic N) is 1. The zero-order valence-electron chi connectivity index (χ0n) is 8.36. The fourth-order valence-corrected chi connectivity index (χ4v) is 1.35. The van der Waals surface area contributed by atoms with Gasteiger partial charge in [-0.15, -0.1) is 0 Å². The average molecular weight is 211 g/mol. The standard InChI is InChI=1S/C9H13N3O3/c1-6-4-7(10)5-8(12(14)15)9(6)11-2-3-13/h4-5,11,13H,2-3,10H2,1H3. The number of hydrogen-bond donors (Lipinski definition) is 3. The Hall–Kier alpha value is -1.82. The molecule has 6 heteroatoms. The first-order chi connectivity index (χ1) is 7.06. The second-order valence-corrected chi connectivity index (χ2v) is 3.14. The molecule has 1 aromatic carbocycles. The number of aliphatic hydroxyl groups excluding tert-OH is 1. The van der Waals surface area contributed by atoms with Gasteiger partial charge in [0.25, 0.3) is 5.69 Å². The Morgan fingerprint density at radius 3 is 2.80 bits per heavy atom. The minimum Gasteiger partial charge on any atom is -0.399 e. The van der Waals surface area contributed by atoms with Crippen LogP contribution in [0.4, 0.5) is 17.1 Å². The molecule has 1 rings (SSSR count). The number of nitrogens with two attached hydrogens (primary N) is 1. The van der Waals surface area contributed by atoms with E-state index >= 15 is 0 Å². The highest BCUT2D eigenvalue weighted by Crippen LogP contribution is 2.30. The lowest BCUT2D eigenvalue weighted by Crippen LogP contribution is -2.09. The minimum absolute atomic E-state index is 0.0686. The molecule has 0 heterocycles. The molecule has 0 unspecified atom stereocenters. The van der Waals surface area contributed by atoms with Crippen LogP contribution < -0.4 is 11.1 Å². The minimum atomic E-state index is -0.497. The highest BCUT2D eigenvalue weighted by Gasteiger charge is 2.16. The van der Waals surface area contributed by atoms with E-state index in [1.807, 2.05) is 0 Å². The summed E-state index contributed by atoms with van der Waals surface area (Å²) in [6.45, 7) is 1.91. The Labute approximate surface area is 86.9 Å². The number of aryl methyl sites for hydroxylation is 1. The fraction of sp³-hybridized carbons (Fsp3) is 0.333. The molecule has 82 valence electrons. The maximum Gasteiger partial charge on any atom is 0.294 e. The van der Waals surface area contributed by atoms with E-state index in [-0.39, 0.29) is 18.8 Å². The Morgan fingerprint density at radius 2 is 2.27 bits per heavy atom. The first kappa shape index (κ1) is 11.3. The summed E-state index contributed by atoms with van der Waals surface area (Å²) in [5.74, 6) is 0. The van der Waals surface area contributed by atoms with Crippen LogP contribution in [0.25, 0.3) is 0 Å². The Bertz CT molecular complexity index is 379. The lowest BCUT2D eigenvalue weighted by Gasteiger charge is -2.09. The third-order valence-corrected chi connectivity index (χ3v) is 1.95. The number of nitrogens with one attached hydrogen (secondary N) is 1. The number of nitro groups is 1. The smallest absolute Gasteiger partial charge is 0.294 e. The van der Waals surface area contributed by atoms with Crippen LogP contribution in [0, 0.1) is 17.0 Å². The number of nitro benzene ring substituents is 1. The van der Waals surface area contributed by atoms with Gasteiger partial charge in [0, 0.05) is 18.3 Å². The summed E-state index contributed by atoms with van der Waals surface area (Å²) >= 11 is 0. The topological polar surface area (TPSA) is 101 Å². The molecule has 0 radical (unpaired) electrons. The molecule has 0 aliphatic carbocycles. The van der Waals surface area contributed by atoms with Gasteiger partial charge in [0.05, 0.1) is 11.5 Å². The molecule has 4 N–H and O–H groups in total. The van der Waals surface area contributed by atoms with E-state index in [1.165, 1.54) is 6.07 Å². The van der Waals surface area contributed by atoms with E-state index in [4.69, 9.17) is 10.8 Å². The SMILES string of the molecule is Cc1cc(N)cc([N+](=O)[O-])c1NCCO. The second-order valence-electron chi connectivity index (χ2n) is 3.14. The molecule has 0 atom stereocenters. The molecule has 0 spiro atoms. The van der Waals surface area contributed by atoms with Crippen molar-refractivity contribution in [2.45, 2.75) is 6.92 Å². The van der Waals surface area contributed by atoms with Crippen LogP contribution in [0.5, 0.6) is 0 Å². The van der Waals surface area contributed by atoms with Gasteiger partial charge in [0.1, 0.15) is 5.69 Å². The van der Waals surface area contributed by atoms with E-state index in [2.05, 4.69) is 5.32 Å². The van der Waals surface area contributed by atoms with Crippen LogP contribution in [-0.4, -0.2) is 23.2 Å². The van der Waals surface area contributed by atoms with Crippen molar-refractivity contribution >= 4 is 17.1 Å². The summed E-state index contributed by atoms with van der Waals surface area (Å²) < 4.78 is 0. The monoisotopic (exact) mass is 211 g/mol. The fourth-order valence-electron chi connectivity index (χ4n) is 1.35. The van der Waals surface area contributed by atoms with E-state index in [1.54, 1.807) is 13.0 Å². The molecular formula is C9H13N3O3. The number of benzene rings is 1. The van der Waals surface area contributed by atoms with Crippen LogP contribution in [0.2, 0.25) is 0 Å². The summed E-state index contributed by atoms with van der Waals surface area (Å²) in [7, 11) is 0. The van der Waals surface area contributed by atoms with E-state index in [0.717, 1.165) is 0 Å². The largest absolute Gasteiger partial charge is 0.399 e.